The molecule has 0 amide bonds. The zero-order valence-corrected chi connectivity index (χ0v) is 25.0. The first kappa shape index (κ1) is 26.1. The van der Waals surface area contributed by atoms with Crippen molar-refractivity contribution in [3.63, 3.8) is 0 Å². The number of benzene rings is 3. The molecule has 0 fully saturated rings. The Hall–Kier alpha value is -1.98. The maximum atomic E-state index is 2.60. The second-order valence-electron chi connectivity index (χ2n) is 14.2. The molecule has 0 nitrogen and oxygen atoms in total. The molecule has 1 aliphatic carbocycles. The molecule has 3 aromatic carbocycles. The standard InChI is InChI=1S/3C7H7.C5H5.4C2H5.Zr/c3*1-7-5-3-2-4-6-7;1-2-4-5-3-1;4*1-2;/h3*2-6H,1H2;1-3H,4H2;4*1H2,2H3;. The van der Waals surface area contributed by atoms with Crippen molar-refractivity contribution in [2.45, 2.75) is 63.0 Å². The van der Waals surface area contributed by atoms with Gasteiger partial charge in [0.2, 0.25) is 0 Å². The van der Waals surface area contributed by atoms with Crippen LogP contribution in [0.2, 0.25) is 16.5 Å². The molecule has 0 unspecified atom stereocenters. The van der Waals surface area contributed by atoms with E-state index in [0.29, 0.717) is 0 Å². The van der Waals surface area contributed by atoms with Gasteiger partial charge in [-0.3, -0.25) is 0 Å². The Morgan fingerprint density at radius 3 is 1.11 bits per heavy atom. The Kier molecular flexibility index (Phi) is 5.61. The molecule has 0 aliphatic heterocycles. The van der Waals surface area contributed by atoms with Gasteiger partial charge in [0.25, 0.3) is 0 Å². The molecule has 0 bridgehead atoms. The van der Waals surface area contributed by atoms with Crippen LogP contribution in [0.5, 0.6) is 0 Å². The molecule has 0 saturated heterocycles. The molecule has 1 heteroatoms. The zero-order valence-electron chi connectivity index (χ0n) is 22.5. The van der Waals surface area contributed by atoms with E-state index >= 15 is 0 Å². The van der Waals surface area contributed by atoms with Crippen molar-refractivity contribution in [1.29, 1.82) is 0 Å². The van der Waals surface area contributed by atoms with E-state index in [9.17, 15) is 0 Å². The van der Waals surface area contributed by atoms with Crippen molar-refractivity contribution in [2.75, 3.05) is 0 Å². The molecule has 0 heterocycles. The Morgan fingerprint density at radius 2 is 0.857 bits per heavy atom. The summed E-state index contributed by atoms with van der Waals surface area (Å²) in [4.78, 5) is 0. The van der Waals surface area contributed by atoms with E-state index in [0.717, 1.165) is 6.42 Å². The number of rotatable bonds is 11. The van der Waals surface area contributed by atoms with Crippen LogP contribution < -0.4 is 0 Å². The van der Waals surface area contributed by atoms with Gasteiger partial charge >= 0.3 is 207 Å². The van der Waals surface area contributed by atoms with Crippen LogP contribution in [0.3, 0.4) is 0 Å². The van der Waals surface area contributed by atoms with E-state index in [-0.39, 0.29) is 0 Å². The van der Waals surface area contributed by atoms with Crippen LogP contribution in [0.1, 0.15) is 50.8 Å². The summed E-state index contributed by atoms with van der Waals surface area (Å²) in [5.74, 6) is 0. The molecule has 0 saturated carbocycles. The van der Waals surface area contributed by atoms with Crippen molar-refractivity contribution in [2.24, 2.45) is 0 Å². The summed E-state index contributed by atoms with van der Waals surface area (Å²) in [6.07, 6.45) is 8.51. The number of hydrogen-bond acceptors (Lipinski definition) is 0. The molecular formula is C34H46Zr. The Labute approximate surface area is 205 Å². The molecule has 4 rings (SSSR count). The van der Waals surface area contributed by atoms with Crippen LogP contribution in [0.4, 0.5) is 0 Å². The molecule has 0 radical (unpaired) electrons. The summed E-state index contributed by atoms with van der Waals surface area (Å²) in [6.45, 7) is 10.4. The fraction of sp³-hybridized carbons (Fsp3) is 0.353. The summed E-state index contributed by atoms with van der Waals surface area (Å²) >= 11 is -5.53. The van der Waals surface area contributed by atoms with Crippen molar-refractivity contribution < 1.29 is 14.3 Å². The van der Waals surface area contributed by atoms with Gasteiger partial charge in [-0.15, -0.1) is 0 Å². The van der Waals surface area contributed by atoms with Crippen LogP contribution in [-0.4, -0.2) is 0 Å². The molecule has 0 aromatic heterocycles. The molecular weight excluding hydrogens is 500 g/mol. The Morgan fingerprint density at radius 1 is 0.514 bits per heavy atom. The van der Waals surface area contributed by atoms with Crippen LogP contribution in [0, 0.1) is 0 Å². The normalized spacial score (nSPS) is 18.1. The quantitative estimate of drug-likeness (QED) is 0.225. The molecule has 0 spiro atoms. The van der Waals surface area contributed by atoms with E-state index in [1.54, 1.807) is 3.28 Å². The minimum absolute atomic E-state index is 1.10. The summed E-state index contributed by atoms with van der Waals surface area (Å²) in [7, 11) is 0. The van der Waals surface area contributed by atoms with Gasteiger partial charge < -0.3 is 0 Å². The SMILES string of the molecule is C[CH2][Zr]([CH2]C)([CH2]C)([CH2]C)([CH2]c1ccccc1)([CH2]c1ccccc1)([CH2]c1ccccc1)[C]1=CC=CC1. The van der Waals surface area contributed by atoms with E-state index in [1.807, 2.05) is 0 Å². The van der Waals surface area contributed by atoms with E-state index < -0.39 is 14.3 Å². The van der Waals surface area contributed by atoms with Crippen molar-refractivity contribution in [3.05, 3.63) is 129 Å². The molecule has 186 valence electrons. The minimum atomic E-state index is -5.53. The average molecular weight is 546 g/mol. The van der Waals surface area contributed by atoms with Crippen LogP contribution in [0.15, 0.2) is 113 Å². The molecule has 0 N–H and O–H groups in total. The summed E-state index contributed by atoms with van der Waals surface area (Å²) in [5.41, 5.74) is 4.56. The fourth-order valence-electron chi connectivity index (χ4n) is 10.5. The van der Waals surface area contributed by atoms with Crippen molar-refractivity contribution in [1.82, 2.24) is 0 Å². The Balaban J connectivity index is 2.32. The van der Waals surface area contributed by atoms with E-state index in [2.05, 4.69) is 137 Å². The molecule has 0 atom stereocenters. The predicted octanol–water partition coefficient (Wildman–Crippen LogP) is 10.5. The first-order chi connectivity index (χ1) is 16.8. The number of hydrogen-bond donors (Lipinski definition) is 0. The summed E-state index contributed by atoms with van der Waals surface area (Å²) < 4.78 is 10.4. The number of allylic oxidation sites excluding steroid dienone is 4. The third-order valence-electron chi connectivity index (χ3n) is 14.7. The van der Waals surface area contributed by atoms with Crippen LogP contribution in [-0.2, 0) is 26.7 Å². The van der Waals surface area contributed by atoms with Crippen molar-refractivity contribution in [3.8, 4) is 0 Å². The topological polar surface area (TPSA) is 0 Å². The average Bonchev–Trinajstić information content (AvgIpc) is 3.49. The maximum absolute atomic E-state index is 5.53. The van der Waals surface area contributed by atoms with Gasteiger partial charge in [0.05, 0.1) is 0 Å². The summed E-state index contributed by atoms with van der Waals surface area (Å²) in [5, 5.41) is 0. The van der Waals surface area contributed by atoms with Crippen molar-refractivity contribution >= 4 is 0 Å². The fourth-order valence-corrected chi connectivity index (χ4v) is 53.4. The summed E-state index contributed by atoms with van der Waals surface area (Å²) in [6, 6.07) is 34.6. The second kappa shape index (κ2) is 7.52. The first-order valence-electron chi connectivity index (χ1n) is 14.1. The predicted molar refractivity (Wildman–Crippen MR) is 154 cm³/mol. The van der Waals surface area contributed by atoms with Crippen LogP contribution >= 0.6 is 0 Å². The zero-order chi connectivity index (χ0) is 25.0. The van der Waals surface area contributed by atoms with Gasteiger partial charge in [-0.1, -0.05) is 0 Å². The molecule has 3 aromatic rings. The molecule has 35 heavy (non-hydrogen) atoms. The van der Waals surface area contributed by atoms with Gasteiger partial charge in [-0.05, 0) is 0 Å². The third-order valence-corrected chi connectivity index (χ3v) is 71.8. The second-order valence-corrected chi connectivity index (χ2v) is 57.2. The monoisotopic (exact) mass is 544 g/mol. The molecule has 1 aliphatic rings. The van der Waals surface area contributed by atoms with Gasteiger partial charge in [0.1, 0.15) is 0 Å². The van der Waals surface area contributed by atoms with Gasteiger partial charge in [0.15, 0.2) is 0 Å². The Bertz CT molecular complexity index is 1150. The van der Waals surface area contributed by atoms with E-state index in [4.69, 9.17) is 0 Å². The van der Waals surface area contributed by atoms with Gasteiger partial charge in [-0.2, -0.15) is 0 Å². The van der Waals surface area contributed by atoms with E-state index in [1.165, 1.54) is 45.6 Å². The van der Waals surface area contributed by atoms with Gasteiger partial charge in [0, 0.05) is 0 Å². The first-order valence-corrected chi connectivity index (χ1v) is 27.5. The van der Waals surface area contributed by atoms with Crippen LogP contribution in [0.25, 0.3) is 0 Å². The third kappa shape index (κ3) is 3.00. The van der Waals surface area contributed by atoms with Gasteiger partial charge in [-0.25, -0.2) is 0 Å².